The number of hydrogen-bond acceptors (Lipinski definition) is 6. The number of ether oxygens (including phenoxy) is 1. The summed E-state index contributed by atoms with van der Waals surface area (Å²) in [5, 5.41) is 20.2. The van der Waals surface area contributed by atoms with Crippen molar-refractivity contribution in [1.82, 2.24) is 4.90 Å². The van der Waals surface area contributed by atoms with Gasteiger partial charge in [-0.2, -0.15) is 8.78 Å². The summed E-state index contributed by atoms with van der Waals surface area (Å²) in [4.78, 5) is 33.0. The number of carbonyl (C=O) groups excluding carboxylic acids is 2. The number of aliphatic hydroxyl groups is 1. The second kappa shape index (κ2) is 7.81. The van der Waals surface area contributed by atoms with E-state index in [9.17, 15) is 33.6 Å². The molecule has 8 nitrogen and oxygen atoms in total. The SMILES string of the molecule is CCOC(=O)C(C(O)C(F)(F)C(=O)N(CC)CC)[N+](=O)[O-]. The maximum absolute atomic E-state index is 13.9. The molecule has 2 atom stereocenters. The van der Waals surface area contributed by atoms with Gasteiger partial charge in [-0.3, -0.25) is 14.9 Å². The number of esters is 1. The molecule has 0 rings (SSSR count). The Morgan fingerprint density at radius 2 is 1.81 bits per heavy atom. The summed E-state index contributed by atoms with van der Waals surface area (Å²) in [6.45, 7) is 3.76. The minimum Gasteiger partial charge on any atom is -0.461 e. The van der Waals surface area contributed by atoms with E-state index in [1.54, 1.807) is 0 Å². The van der Waals surface area contributed by atoms with Gasteiger partial charge in [0.15, 0.2) is 0 Å². The quantitative estimate of drug-likeness (QED) is 0.385. The second-order valence-corrected chi connectivity index (χ2v) is 4.03. The predicted molar refractivity (Wildman–Crippen MR) is 66.3 cm³/mol. The van der Waals surface area contributed by atoms with Gasteiger partial charge in [0.1, 0.15) is 0 Å². The van der Waals surface area contributed by atoms with Crippen LogP contribution in [0.4, 0.5) is 8.78 Å². The van der Waals surface area contributed by atoms with Gasteiger partial charge in [-0.05, 0) is 20.8 Å². The van der Waals surface area contributed by atoms with Crippen LogP contribution in [0.25, 0.3) is 0 Å². The molecule has 0 spiro atoms. The molecule has 0 radical (unpaired) electrons. The number of nitrogens with zero attached hydrogens (tertiary/aromatic N) is 2. The lowest BCUT2D eigenvalue weighted by Crippen LogP contribution is -2.58. The normalized spacial score (nSPS) is 14.2. The first kappa shape index (κ1) is 19.2. The van der Waals surface area contributed by atoms with E-state index in [1.807, 2.05) is 0 Å². The van der Waals surface area contributed by atoms with Crippen molar-refractivity contribution in [3.05, 3.63) is 10.1 Å². The monoisotopic (exact) mass is 312 g/mol. The Balaban J connectivity index is 5.40. The van der Waals surface area contributed by atoms with Crippen molar-refractivity contribution >= 4 is 11.9 Å². The minimum absolute atomic E-state index is 0.0693. The fourth-order valence-corrected chi connectivity index (χ4v) is 1.60. The van der Waals surface area contributed by atoms with Gasteiger partial charge in [0.2, 0.25) is 6.10 Å². The molecule has 0 aromatic carbocycles. The van der Waals surface area contributed by atoms with Gasteiger partial charge in [0, 0.05) is 18.0 Å². The Kier molecular flexibility index (Phi) is 7.13. The van der Waals surface area contributed by atoms with Crippen molar-refractivity contribution in [2.45, 2.75) is 38.8 Å². The Labute approximate surface area is 119 Å². The topological polar surface area (TPSA) is 110 Å². The molecule has 122 valence electrons. The standard InChI is InChI=1S/C11H18F2N2O6/c1-4-14(5-2)10(18)11(12,13)8(16)7(15(19)20)9(17)21-6-3/h7-8,16H,4-6H2,1-3H3. The molecule has 0 aliphatic carbocycles. The molecule has 0 aliphatic rings. The molecule has 0 bridgehead atoms. The molecule has 1 amide bonds. The van der Waals surface area contributed by atoms with Gasteiger partial charge in [-0.1, -0.05) is 0 Å². The van der Waals surface area contributed by atoms with Crippen LogP contribution in [0.15, 0.2) is 0 Å². The molecule has 0 aliphatic heterocycles. The van der Waals surface area contributed by atoms with Gasteiger partial charge >= 0.3 is 17.9 Å². The van der Waals surface area contributed by atoms with Crippen molar-refractivity contribution in [2.75, 3.05) is 19.7 Å². The number of hydrogen-bond donors (Lipinski definition) is 1. The molecule has 0 saturated carbocycles. The summed E-state index contributed by atoms with van der Waals surface area (Å²) in [7, 11) is 0. The number of rotatable bonds is 8. The third-order valence-corrected chi connectivity index (χ3v) is 2.76. The first-order chi connectivity index (χ1) is 9.64. The van der Waals surface area contributed by atoms with Crippen LogP contribution in [0, 0.1) is 10.1 Å². The molecule has 0 aromatic heterocycles. The van der Waals surface area contributed by atoms with E-state index in [1.165, 1.54) is 20.8 Å². The molecule has 21 heavy (non-hydrogen) atoms. The first-order valence-corrected chi connectivity index (χ1v) is 6.30. The minimum atomic E-state index is -4.48. The zero-order valence-corrected chi connectivity index (χ0v) is 11.9. The van der Waals surface area contributed by atoms with Crippen molar-refractivity contribution in [3.8, 4) is 0 Å². The number of alkyl halides is 2. The predicted octanol–water partition coefficient (Wildman–Crippen LogP) is 0.0594. The highest BCUT2D eigenvalue weighted by molar-refractivity contribution is 5.86. The van der Waals surface area contributed by atoms with Crippen molar-refractivity contribution in [1.29, 1.82) is 0 Å². The van der Waals surface area contributed by atoms with Crippen molar-refractivity contribution in [3.63, 3.8) is 0 Å². The van der Waals surface area contributed by atoms with E-state index < -0.39 is 34.9 Å². The van der Waals surface area contributed by atoms with Crippen LogP contribution < -0.4 is 0 Å². The molecule has 10 heteroatoms. The summed E-state index contributed by atoms with van der Waals surface area (Å²) in [5.41, 5.74) is 0. The number of aliphatic hydroxyl groups excluding tert-OH is 1. The molecule has 2 unspecified atom stereocenters. The third kappa shape index (κ3) is 4.31. The van der Waals surface area contributed by atoms with Crippen LogP contribution in [-0.2, 0) is 14.3 Å². The number of nitro groups is 1. The van der Waals surface area contributed by atoms with Crippen LogP contribution in [0.3, 0.4) is 0 Å². The Morgan fingerprint density at radius 1 is 1.33 bits per heavy atom. The highest BCUT2D eigenvalue weighted by Crippen LogP contribution is 2.26. The second-order valence-electron chi connectivity index (χ2n) is 4.03. The van der Waals surface area contributed by atoms with Gasteiger partial charge in [0.05, 0.1) is 6.61 Å². The smallest absolute Gasteiger partial charge is 0.384 e. The van der Waals surface area contributed by atoms with E-state index >= 15 is 0 Å². The summed E-state index contributed by atoms with van der Waals surface area (Å²) in [6.07, 6.45) is -3.11. The van der Waals surface area contributed by atoms with Crippen LogP contribution in [-0.4, -0.2) is 64.6 Å². The molecule has 0 fully saturated rings. The lowest BCUT2D eigenvalue weighted by Gasteiger charge is -2.28. The molecule has 0 aromatic rings. The Bertz CT molecular complexity index is 400. The number of halogens is 2. The summed E-state index contributed by atoms with van der Waals surface area (Å²) >= 11 is 0. The van der Waals surface area contributed by atoms with Crippen molar-refractivity contribution in [2.24, 2.45) is 0 Å². The van der Waals surface area contributed by atoms with Crippen LogP contribution in [0.5, 0.6) is 0 Å². The zero-order valence-electron chi connectivity index (χ0n) is 11.9. The lowest BCUT2D eigenvalue weighted by atomic mass is 10.0. The Morgan fingerprint density at radius 3 is 2.14 bits per heavy atom. The maximum Gasteiger partial charge on any atom is 0.384 e. The highest BCUT2D eigenvalue weighted by atomic mass is 19.3. The van der Waals surface area contributed by atoms with E-state index in [2.05, 4.69) is 4.74 Å². The third-order valence-electron chi connectivity index (χ3n) is 2.76. The summed E-state index contributed by atoms with van der Waals surface area (Å²) in [6, 6.07) is -2.74. The maximum atomic E-state index is 13.9. The van der Waals surface area contributed by atoms with E-state index in [4.69, 9.17) is 0 Å². The van der Waals surface area contributed by atoms with E-state index in [0.717, 1.165) is 0 Å². The fraction of sp³-hybridized carbons (Fsp3) is 0.818. The molecule has 0 heterocycles. The summed E-state index contributed by atoms with van der Waals surface area (Å²) < 4.78 is 32.1. The van der Waals surface area contributed by atoms with Crippen LogP contribution >= 0.6 is 0 Å². The van der Waals surface area contributed by atoms with Crippen molar-refractivity contribution < 1.29 is 33.1 Å². The van der Waals surface area contributed by atoms with E-state index in [0.29, 0.717) is 4.90 Å². The zero-order chi connectivity index (χ0) is 16.8. The van der Waals surface area contributed by atoms with Gasteiger partial charge in [0.25, 0.3) is 5.91 Å². The fourth-order valence-electron chi connectivity index (χ4n) is 1.60. The van der Waals surface area contributed by atoms with Crippen LogP contribution in [0.2, 0.25) is 0 Å². The summed E-state index contributed by atoms with van der Waals surface area (Å²) in [5.74, 6) is -7.88. The lowest BCUT2D eigenvalue weighted by molar-refractivity contribution is -0.527. The molecule has 1 N–H and O–H groups in total. The molecule has 0 saturated heterocycles. The number of amides is 1. The Hall–Kier alpha value is -1.84. The molecular formula is C11H18F2N2O6. The average molecular weight is 312 g/mol. The van der Waals surface area contributed by atoms with Crippen LogP contribution in [0.1, 0.15) is 20.8 Å². The van der Waals surface area contributed by atoms with Gasteiger partial charge in [-0.25, -0.2) is 4.79 Å². The molecular weight excluding hydrogens is 294 g/mol. The highest BCUT2D eigenvalue weighted by Gasteiger charge is 2.59. The average Bonchev–Trinajstić information content (AvgIpc) is 2.39. The van der Waals surface area contributed by atoms with Gasteiger partial charge in [-0.15, -0.1) is 0 Å². The van der Waals surface area contributed by atoms with Gasteiger partial charge < -0.3 is 14.7 Å². The first-order valence-electron chi connectivity index (χ1n) is 6.30. The number of carbonyl (C=O) groups is 2. The largest absolute Gasteiger partial charge is 0.461 e. The van der Waals surface area contributed by atoms with E-state index in [-0.39, 0.29) is 19.7 Å².